The maximum Gasteiger partial charge on any atom is 0.271 e. The Balaban J connectivity index is 1.89. The Morgan fingerprint density at radius 2 is 1.48 bits per heavy atom. The first-order valence-electron chi connectivity index (χ1n) is 9.29. The Morgan fingerprint density at radius 3 is 2.16 bits per heavy atom. The molecule has 0 amide bonds. The molecule has 0 aliphatic heterocycles. The molecule has 7 nitrogen and oxygen atoms in total. The fourth-order valence-corrected chi connectivity index (χ4v) is 4.86. The molecular weight excluding hydrogens is 438 g/mol. The minimum absolute atomic E-state index is 0.242. The molecule has 0 aliphatic carbocycles. The highest BCUT2D eigenvalue weighted by atomic mass is 32.2. The second-order valence-electron chi connectivity index (χ2n) is 7.15. The van der Waals surface area contributed by atoms with E-state index >= 15 is 0 Å². The van der Waals surface area contributed by atoms with Crippen molar-refractivity contribution >= 4 is 41.9 Å². The third-order valence-electron chi connectivity index (χ3n) is 4.94. The Morgan fingerprint density at radius 1 is 0.806 bits per heavy atom. The van der Waals surface area contributed by atoms with Crippen LogP contribution in [0.15, 0.2) is 66.7 Å². The molecule has 1 heterocycles. The van der Waals surface area contributed by atoms with E-state index in [0.717, 1.165) is 34.3 Å². The van der Waals surface area contributed by atoms with Gasteiger partial charge in [0, 0.05) is 16.3 Å². The Labute approximate surface area is 180 Å². The van der Waals surface area contributed by atoms with E-state index in [2.05, 4.69) is 4.18 Å². The average molecular weight is 458 g/mol. The lowest BCUT2D eigenvalue weighted by Gasteiger charge is -2.12. The van der Waals surface area contributed by atoms with Crippen LogP contribution in [0.1, 0.15) is 11.1 Å². The first-order valence-corrected chi connectivity index (χ1v) is 12.5. The van der Waals surface area contributed by atoms with E-state index in [1.165, 1.54) is 0 Å². The monoisotopic (exact) mass is 457 g/mol. The van der Waals surface area contributed by atoms with Gasteiger partial charge in [-0.2, -0.15) is 16.8 Å². The lowest BCUT2D eigenvalue weighted by molar-refractivity contribution is 0.397. The summed E-state index contributed by atoms with van der Waals surface area (Å²) in [7, 11) is -6.69. The molecule has 0 unspecified atom stereocenters. The van der Waals surface area contributed by atoms with Crippen LogP contribution in [0.25, 0.3) is 32.9 Å². The van der Waals surface area contributed by atoms with Gasteiger partial charge in [-0.1, -0.05) is 54.6 Å². The quantitative estimate of drug-likeness (QED) is 0.265. The number of hydrogen-bond donors (Lipinski definition) is 1. The number of benzene rings is 3. The molecule has 0 fully saturated rings. The molecule has 0 bridgehead atoms. The number of nitrogens with zero attached hydrogens (tertiary/aromatic N) is 1. The minimum Gasteiger partial charge on any atom is -0.285 e. The van der Waals surface area contributed by atoms with Gasteiger partial charge in [-0.05, 0) is 28.6 Å². The molecule has 4 rings (SSSR count). The molecule has 4 aromatic rings. The van der Waals surface area contributed by atoms with Crippen LogP contribution < -0.4 is 0 Å². The summed E-state index contributed by atoms with van der Waals surface area (Å²) in [6.45, 7) is 0. The van der Waals surface area contributed by atoms with Crippen molar-refractivity contribution in [3.8, 4) is 11.3 Å². The lowest BCUT2D eigenvalue weighted by Crippen LogP contribution is -2.05. The summed E-state index contributed by atoms with van der Waals surface area (Å²) in [6.07, 6.45) is 0. The number of hydrogen-bond acceptors (Lipinski definition) is 6. The second kappa shape index (κ2) is 8.01. The molecule has 1 N–H and O–H groups in total. The number of rotatable bonds is 6. The van der Waals surface area contributed by atoms with Gasteiger partial charge in [-0.25, -0.2) is 4.98 Å². The Kier molecular flexibility index (Phi) is 5.52. The van der Waals surface area contributed by atoms with E-state index < -0.39 is 26.0 Å². The number of aromatic nitrogens is 1. The minimum atomic E-state index is -4.18. The highest BCUT2D eigenvalue weighted by molar-refractivity contribution is 7.85. The SMILES string of the molecule is COS(=O)(=O)Cc1ccc(-c2nc3ccccc3c3ccc(CS(=O)(=O)O)cc23)cc1. The molecule has 9 heteroatoms. The van der Waals surface area contributed by atoms with Crippen LogP contribution in [-0.4, -0.2) is 33.5 Å². The molecule has 0 spiro atoms. The molecule has 0 aliphatic rings. The van der Waals surface area contributed by atoms with Gasteiger partial charge in [-0.3, -0.25) is 8.74 Å². The predicted molar refractivity (Wildman–Crippen MR) is 120 cm³/mol. The first kappa shape index (κ1) is 21.4. The van der Waals surface area contributed by atoms with Crippen LogP contribution in [0.4, 0.5) is 0 Å². The van der Waals surface area contributed by atoms with Crippen molar-refractivity contribution < 1.29 is 25.6 Å². The van der Waals surface area contributed by atoms with Crippen molar-refractivity contribution in [3.63, 3.8) is 0 Å². The standard InChI is InChI=1S/C22H19NO6S2/c1-29-31(27,28)14-15-6-9-17(10-7-15)22-20-12-16(13-30(24,25)26)8-11-18(20)19-4-2-3-5-21(19)23-22/h2-12H,13-14H2,1H3,(H,24,25,26). The van der Waals surface area contributed by atoms with Crippen molar-refractivity contribution in [2.24, 2.45) is 0 Å². The van der Waals surface area contributed by atoms with Gasteiger partial charge in [0.25, 0.3) is 20.2 Å². The molecule has 160 valence electrons. The van der Waals surface area contributed by atoms with Crippen molar-refractivity contribution in [2.75, 3.05) is 7.11 Å². The van der Waals surface area contributed by atoms with Gasteiger partial charge in [0.15, 0.2) is 0 Å². The van der Waals surface area contributed by atoms with E-state index in [4.69, 9.17) is 4.98 Å². The van der Waals surface area contributed by atoms with Crippen LogP contribution in [0.2, 0.25) is 0 Å². The predicted octanol–water partition coefficient (Wildman–Crippen LogP) is 3.92. The van der Waals surface area contributed by atoms with E-state index in [1.807, 2.05) is 30.3 Å². The fraction of sp³-hybridized carbons (Fsp3) is 0.136. The van der Waals surface area contributed by atoms with E-state index in [-0.39, 0.29) is 5.75 Å². The summed E-state index contributed by atoms with van der Waals surface area (Å²) >= 11 is 0. The van der Waals surface area contributed by atoms with E-state index in [1.54, 1.807) is 36.4 Å². The van der Waals surface area contributed by atoms with E-state index in [0.29, 0.717) is 16.8 Å². The highest BCUT2D eigenvalue weighted by Gasteiger charge is 2.15. The van der Waals surface area contributed by atoms with Crippen LogP contribution in [0.5, 0.6) is 0 Å². The number of pyridine rings is 1. The van der Waals surface area contributed by atoms with Crippen LogP contribution in [0, 0.1) is 0 Å². The van der Waals surface area contributed by atoms with E-state index in [9.17, 15) is 21.4 Å². The molecule has 0 saturated heterocycles. The zero-order valence-corrected chi connectivity index (χ0v) is 18.2. The van der Waals surface area contributed by atoms with Crippen LogP contribution >= 0.6 is 0 Å². The van der Waals surface area contributed by atoms with Gasteiger partial charge in [0.05, 0.1) is 18.3 Å². The van der Waals surface area contributed by atoms with Crippen molar-refractivity contribution in [2.45, 2.75) is 11.5 Å². The van der Waals surface area contributed by atoms with Crippen LogP contribution in [0.3, 0.4) is 0 Å². The topological polar surface area (TPSA) is 111 Å². The van der Waals surface area contributed by atoms with Gasteiger partial charge >= 0.3 is 0 Å². The number of fused-ring (bicyclic) bond motifs is 3. The largest absolute Gasteiger partial charge is 0.285 e. The summed E-state index contributed by atoms with van der Waals surface area (Å²) in [6, 6.07) is 19.7. The van der Waals surface area contributed by atoms with Crippen molar-refractivity contribution in [1.82, 2.24) is 4.98 Å². The first-order chi connectivity index (χ1) is 14.6. The van der Waals surface area contributed by atoms with Gasteiger partial charge < -0.3 is 0 Å². The summed E-state index contributed by atoms with van der Waals surface area (Å²) in [5.41, 5.74) is 3.17. The smallest absolute Gasteiger partial charge is 0.271 e. The summed E-state index contributed by atoms with van der Waals surface area (Å²) < 4.78 is 59.9. The van der Waals surface area contributed by atoms with Gasteiger partial charge in [0.1, 0.15) is 11.5 Å². The third-order valence-corrected chi connectivity index (χ3v) is 6.83. The fourth-order valence-electron chi connectivity index (χ4n) is 3.54. The zero-order chi connectivity index (χ0) is 22.2. The lowest BCUT2D eigenvalue weighted by atomic mass is 9.98. The molecule has 0 atom stereocenters. The summed E-state index contributed by atoms with van der Waals surface area (Å²) in [4.78, 5) is 4.78. The molecule has 3 aromatic carbocycles. The maximum atomic E-state index is 11.7. The molecular formula is C22H19NO6S2. The maximum absolute atomic E-state index is 11.7. The normalized spacial score (nSPS) is 12.5. The molecule has 31 heavy (non-hydrogen) atoms. The molecule has 0 radical (unpaired) electrons. The summed E-state index contributed by atoms with van der Waals surface area (Å²) in [5, 5.41) is 2.55. The van der Waals surface area contributed by atoms with Crippen molar-refractivity contribution in [1.29, 1.82) is 0 Å². The summed E-state index contributed by atoms with van der Waals surface area (Å²) in [5.74, 6) is -0.739. The molecule has 0 saturated carbocycles. The Hall–Kier alpha value is -2.85. The highest BCUT2D eigenvalue weighted by Crippen LogP contribution is 2.33. The molecule has 1 aromatic heterocycles. The van der Waals surface area contributed by atoms with Gasteiger partial charge in [-0.15, -0.1) is 0 Å². The third kappa shape index (κ3) is 4.75. The van der Waals surface area contributed by atoms with Gasteiger partial charge in [0.2, 0.25) is 0 Å². The average Bonchev–Trinajstić information content (AvgIpc) is 2.72. The number of para-hydroxylation sites is 1. The Bertz CT molecular complexity index is 1490. The second-order valence-corrected chi connectivity index (χ2v) is 10.3. The zero-order valence-electron chi connectivity index (χ0n) is 16.5. The van der Waals surface area contributed by atoms with Crippen LogP contribution in [-0.2, 0) is 35.9 Å². The van der Waals surface area contributed by atoms with Crippen molar-refractivity contribution in [3.05, 3.63) is 77.9 Å².